The first kappa shape index (κ1) is 16.0. The van der Waals surface area contributed by atoms with Crippen molar-refractivity contribution in [1.29, 1.82) is 0 Å². The molecule has 0 bridgehead atoms. The SMILES string of the molecule is O=C(O)C1=C(CCc2ccc(F)cc2)NC=CC1c1ccccc1. The Labute approximate surface area is 140 Å². The van der Waals surface area contributed by atoms with Crippen molar-refractivity contribution in [2.24, 2.45) is 0 Å². The summed E-state index contributed by atoms with van der Waals surface area (Å²) in [6.07, 6.45) is 4.86. The first-order valence-corrected chi connectivity index (χ1v) is 7.84. The van der Waals surface area contributed by atoms with Crippen LogP contribution in [0.4, 0.5) is 4.39 Å². The van der Waals surface area contributed by atoms with E-state index in [1.165, 1.54) is 12.1 Å². The molecule has 3 rings (SSSR count). The van der Waals surface area contributed by atoms with E-state index in [-0.39, 0.29) is 11.7 Å². The molecule has 0 aromatic heterocycles. The number of dihydropyridines is 1. The Kier molecular flexibility index (Phi) is 4.75. The summed E-state index contributed by atoms with van der Waals surface area (Å²) in [5, 5.41) is 12.8. The molecule has 0 fully saturated rings. The van der Waals surface area contributed by atoms with Crippen LogP contribution in [0.3, 0.4) is 0 Å². The van der Waals surface area contributed by atoms with Crippen LogP contribution in [0.5, 0.6) is 0 Å². The van der Waals surface area contributed by atoms with Crippen molar-refractivity contribution in [3.05, 3.63) is 95.1 Å². The number of aliphatic carboxylic acids is 1. The highest BCUT2D eigenvalue weighted by Gasteiger charge is 2.26. The molecule has 24 heavy (non-hydrogen) atoms. The Balaban J connectivity index is 1.85. The molecule has 0 saturated heterocycles. The molecule has 3 nitrogen and oxygen atoms in total. The zero-order valence-electron chi connectivity index (χ0n) is 13.1. The summed E-state index contributed by atoms with van der Waals surface area (Å²) in [6, 6.07) is 15.9. The number of benzene rings is 2. The van der Waals surface area contributed by atoms with E-state index in [0.29, 0.717) is 24.1 Å². The van der Waals surface area contributed by atoms with E-state index in [2.05, 4.69) is 5.32 Å². The second-order valence-electron chi connectivity index (χ2n) is 5.72. The summed E-state index contributed by atoms with van der Waals surface area (Å²) >= 11 is 0. The molecular weight excluding hydrogens is 305 g/mol. The molecule has 0 radical (unpaired) electrons. The number of hydrogen-bond donors (Lipinski definition) is 2. The van der Waals surface area contributed by atoms with Crippen LogP contribution in [0.25, 0.3) is 0 Å². The Bertz CT molecular complexity index is 779. The molecule has 0 saturated carbocycles. The quantitative estimate of drug-likeness (QED) is 0.874. The van der Waals surface area contributed by atoms with Gasteiger partial charge in [0.2, 0.25) is 0 Å². The number of hydrogen-bond acceptors (Lipinski definition) is 2. The van der Waals surface area contributed by atoms with Crippen LogP contribution in [0, 0.1) is 5.82 Å². The van der Waals surface area contributed by atoms with E-state index >= 15 is 0 Å². The second-order valence-corrected chi connectivity index (χ2v) is 5.72. The lowest BCUT2D eigenvalue weighted by atomic mass is 9.87. The van der Waals surface area contributed by atoms with Gasteiger partial charge in [-0.05, 0) is 42.3 Å². The average Bonchev–Trinajstić information content (AvgIpc) is 2.61. The van der Waals surface area contributed by atoms with Gasteiger partial charge in [-0.1, -0.05) is 48.5 Å². The normalized spacial score (nSPS) is 16.8. The molecule has 0 aliphatic carbocycles. The van der Waals surface area contributed by atoms with Crippen LogP contribution in [-0.2, 0) is 11.2 Å². The van der Waals surface area contributed by atoms with Gasteiger partial charge in [-0.15, -0.1) is 0 Å². The van der Waals surface area contributed by atoms with Crippen molar-refractivity contribution in [2.75, 3.05) is 0 Å². The minimum atomic E-state index is -0.921. The van der Waals surface area contributed by atoms with Gasteiger partial charge < -0.3 is 10.4 Å². The lowest BCUT2D eigenvalue weighted by molar-refractivity contribution is -0.133. The van der Waals surface area contributed by atoms with Crippen LogP contribution >= 0.6 is 0 Å². The van der Waals surface area contributed by atoms with Gasteiger partial charge in [-0.25, -0.2) is 9.18 Å². The molecule has 1 atom stereocenters. The van der Waals surface area contributed by atoms with Gasteiger partial charge in [-0.2, -0.15) is 0 Å². The lowest BCUT2D eigenvalue weighted by Gasteiger charge is -2.23. The number of rotatable bonds is 5. The zero-order chi connectivity index (χ0) is 16.9. The van der Waals surface area contributed by atoms with Gasteiger partial charge in [0.1, 0.15) is 5.82 Å². The minimum Gasteiger partial charge on any atom is -0.478 e. The van der Waals surface area contributed by atoms with Crippen molar-refractivity contribution >= 4 is 5.97 Å². The van der Waals surface area contributed by atoms with E-state index < -0.39 is 5.97 Å². The topological polar surface area (TPSA) is 49.3 Å². The summed E-state index contributed by atoms with van der Waals surface area (Å²) in [6.45, 7) is 0. The maximum Gasteiger partial charge on any atom is 0.334 e. The van der Waals surface area contributed by atoms with Gasteiger partial charge in [-0.3, -0.25) is 0 Å². The predicted molar refractivity (Wildman–Crippen MR) is 90.8 cm³/mol. The van der Waals surface area contributed by atoms with Gasteiger partial charge in [0.15, 0.2) is 0 Å². The summed E-state index contributed by atoms with van der Waals surface area (Å²) in [5.74, 6) is -1.46. The molecule has 1 aliphatic heterocycles. The fraction of sp³-hybridized carbons (Fsp3) is 0.150. The Morgan fingerprint density at radius 2 is 1.75 bits per heavy atom. The molecule has 1 unspecified atom stereocenters. The van der Waals surface area contributed by atoms with E-state index in [9.17, 15) is 14.3 Å². The Hall–Kier alpha value is -2.88. The molecule has 0 amide bonds. The zero-order valence-corrected chi connectivity index (χ0v) is 13.1. The van der Waals surface area contributed by atoms with Crippen molar-refractivity contribution in [2.45, 2.75) is 18.8 Å². The Morgan fingerprint density at radius 3 is 2.42 bits per heavy atom. The summed E-state index contributed by atoms with van der Waals surface area (Å²) in [4.78, 5) is 11.8. The number of halogens is 1. The van der Waals surface area contributed by atoms with Crippen LogP contribution in [0.1, 0.15) is 23.5 Å². The van der Waals surface area contributed by atoms with Crippen molar-refractivity contribution in [3.8, 4) is 0 Å². The highest BCUT2D eigenvalue weighted by Crippen LogP contribution is 2.31. The van der Waals surface area contributed by atoms with Gasteiger partial charge in [0.05, 0.1) is 5.57 Å². The molecule has 2 N–H and O–H groups in total. The fourth-order valence-electron chi connectivity index (χ4n) is 2.93. The van der Waals surface area contributed by atoms with Crippen LogP contribution in [0.2, 0.25) is 0 Å². The van der Waals surface area contributed by atoms with E-state index in [0.717, 1.165) is 11.1 Å². The number of aryl methyl sites for hydroxylation is 1. The molecule has 4 heteroatoms. The summed E-state index contributed by atoms with van der Waals surface area (Å²) < 4.78 is 13.0. The number of nitrogens with one attached hydrogen (secondary N) is 1. The second kappa shape index (κ2) is 7.13. The minimum absolute atomic E-state index is 0.270. The van der Waals surface area contributed by atoms with Gasteiger partial charge in [0.25, 0.3) is 0 Å². The fourth-order valence-corrected chi connectivity index (χ4v) is 2.93. The summed E-state index contributed by atoms with van der Waals surface area (Å²) in [7, 11) is 0. The number of allylic oxidation sites excluding steroid dienone is 2. The molecule has 2 aromatic rings. The van der Waals surface area contributed by atoms with E-state index in [1.807, 2.05) is 36.4 Å². The first-order valence-electron chi connectivity index (χ1n) is 7.84. The maximum atomic E-state index is 13.0. The van der Waals surface area contributed by atoms with Crippen molar-refractivity contribution in [3.63, 3.8) is 0 Å². The predicted octanol–water partition coefficient (Wildman–Crippen LogP) is 4.00. The molecule has 0 spiro atoms. The van der Waals surface area contributed by atoms with Crippen molar-refractivity contribution < 1.29 is 14.3 Å². The molecule has 1 aliphatic rings. The van der Waals surface area contributed by atoms with Crippen LogP contribution in [0.15, 0.2) is 78.1 Å². The molecule has 2 aromatic carbocycles. The highest BCUT2D eigenvalue weighted by molar-refractivity contribution is 5.90. The van der Waals surface area contributed by atoms with Gasteiger partial charge >= 0.3 is 5.97 Å². The van der Waals surface area contributed by atoms with Crippen LogP contribution < -0.4 is 5.32 Å². The monoisotopic (exact) mass is 323 g/mol. The standard InChI is InChI=1S/C20H18FNO2/c21-16-9-6-14(7-10-16)8-11-18-19(20(23)24)17(12-13-22-18)15-4-2-1-3-5-15/h1-7,9-10,12-13,17,22H,8,11H2,(H,23,24). The number of carboxylic acids is 1. The average molecular weight is 323 g/mol. The first-order chi connectivity index (χ1) is 11.6. The van der Waals surface area contributed by atoms with Crippen LogP contribution in [-0.4, -0.2) is 11.1 Å². The molecule has 122 valence electrons. The maximum absolute atomic E-state index is 13.0. The molecular formula is C20H18FNO2. The summed E-state index contributed by atoms with van der Waals surface area (Å²) in [5.41, 5.74) is 2.99. The highest BCUT2D eigenvalue weighted by atomic mass is 19.1. The van der Waals surface area contributed by atoms with E-state index in [4.69, 9.17) is 0 Å². The third kappa shape index (κ3) is 3.54. The smallest absolute Gasteiger partial charge is 0.334 e. The van der Waals surface area contributed by atoms with Crippen molar-refractivity contribution in [1.82, 2.24) is 5.32 Å². The Morgan fingerprint density at radius 1 is 1.04 bits per heavy atom. The lowest BCUT2D eigenvalue weighted by Crippen LogP contribution is -2.23. The largest absolute Gasteiger partial charge is 0.478 e. The number of carboxylic acid groups (broad SMARTS) is 1. The number of carbonyl (C=O) groups is 1. The third-order valence-corrected chi connectivity index (χ3v) is 4.15. The molecule has 1 heterocycles. The van der Waals surface area contributed by atoms with E-state index in [1.54, 1.807) is 18.3 Å². The van der Waals surface area contributed by atoms with Gasteiger partial charge in [0, 0.05) is 11.6 Å². The third-order valence-electron chi connectivity index (χ3n) is 4.15.